The average Bonchev–Trinajstić information content (AvgIpc) is 3.01. The summed E-state index contributed by atoms with van der Waals surface area (Å²) in [5, 5.41) is 3.01. The Morgan fingerprint density at radius 1 is 1.25 bits per heavy atom. The van der Waals surface area contributed by atoms with Gasteiger partial charge in [-0.3, -0.25) is 4.79 Å². The molecule has 1 aliphatic rings. The number of hydrogen-bond acceptors (Lipinski definition) is 3. The summed E-state index contributed by atoms with van der Waals surface area (Å²) in [4.78, 5) is 17.0. The van der Waals surface area contributed by atoms with Crippen LogP contribution in [0.1, 0.15) is 27.8 Å². The van der Waals surface area contributed by atoms with Gasteiger partial charge in [-0.05, 0) is 30.7 Å². The third-order valence-corrected chi connectivity index (χ3v) is 4.44. The molecule has 1 aliphatic heterocycles. The summed E-state index contributed by atoms with van der Waals surface area (Å²) < 4.78 is 7.89. The van der Waals surface area contributed by atoms with E-state index >= 15 is 0 Å². The fourth-order valence-electron chi connectivity index (χ4n) is 3.23. The van der Waals surface area contributed by atoms with Gasteiger partial charge in [0.1, 0.15) is 12.4 Å². The summed E-state index contributed by atoms with van der Waals surface area (Å²) in [5.74, 6) is 0.854. The predicted molar refractivity (Wildman–Crippen MR) is 91.9 cm³/mol. The number of nitrogens with zero attached hydrogens (tertiary/aromatic N) is 2. The van der Waals surface area contributed by atoms with Crippen LogP contribution in [0.15, 0.2) is 48.5 Å². The SMILES string of the molecule is Cc1cccc2c1nc1n2[C@@H](CNC(=O)c2ccccc2)COC1. The predicted octanol–water partition coefficient (Wildman–Crippen LogP) is 2.85. The van der Waals surface area contributed by atoms with Crippen LogP contribution in [0.4, 0.5) is 0 Å². The van der Waals surface area contributed by atoms with Gasteiger partial charge < -0.3 is 14.6 Å². The highest BCUT2D eigenvalue weighted by Gasteiger charge is 2.24. The molecule has 4 rings (SSSR count). The molecule has 5 nitrogen and oxygen atoms in total. The average molecular weight is 321 g/mol. The summed E-state index contributed by atoms with van der Waals surface area (Å²) in [6, 6.07) is 15.5. The van der Waals surface area contributed by atoms with Gasteiger partial charge in [-0.25, -0.2) is 4.98 Å². The van der Waals surface area contributed by atoms with Crippen LogP contribution in [0.2, 0.25) is 0 Å². The summed E-state index contributed by atoms with van der Waals surface area (Å²) in [6.45, 7) is 3.66. The first kappa shape index (κ1) is 14.9. The molecule has 0 radical (unpaired) electrons. The van der Waals surface area contributed by atoms with Gasteiger partial charge in [0.2, 0.25) is 0 Å². The molecule has 0 bridgehead atoms. The molecule has 122 valence electrons. The third kappa shape index (κ3) is 2.57. The molecule has 0 aliphatic carbocycles. The van der Waals surface area contributed by atoms with E-state index in [1.165, 1.54) is 0 Å². The maximum absolute atomic E-state index is 12.3. The van der Waals surface area contributed by atoms with Gasteiger partial charge in [0.05, 0.1) is 23.7 Å². The van der Waals surface area contributed by atoms with E-state index in [2.05, 4.69) is 28.9 Å². The molecule has 1 aromatic heterocycles. The Hall–Kier alpha value is -2.66. The number of nitrogens with one attached hydrogen (secondary N) is 1. The van der Waals surface area contributed by atoms with Crippen molar-refractivity contribution in [3.05, 3.63) is 65.5 Å². The second-order valence-electron chi connectivity index (χ2n) is 6.09. The Bertz CT molecular complexity index is 886. The first-order chi connectivity index (χ1) is 11.7. The molecule has 5 heteroatoms. The number of fused-ring (bicyclic) bond motifs is 3. The van der Waals surface area contributed by atoms with E-state index in [1.54, 1.807) is 0 Å². The first-order valence-corrected chi connectivity index (χ1v) is 8.11. The number of carbonyl (C=O) groups excluding carboxylic acids is 1. The molecule has 0 unspecified atom stereocenters. The summed E-state index contributed by atoms with van der Waals surface area (Å²) >= 11 is 0. The minimum absolute atomic E-state index is 0.0493. The van der Waals surface area contributed by atoms with Gasteiger partial charge in [0.15, 0.2) is 0 Å². The lowest BCUT2D eigenvalue weighted by atomic mass is 10.2. The fraction of sp³-hybridized carbons (Fsp3) is 0.263. The van der Waals surface area contributed by atoms with E-state index in [0.29, 0.717) is 25.3 Å². The molecule has 2 aromatic carbocycles. The molecule has 0 saturated carbocycles. The number of carbonyl (C=O) groups is 1. The van der Waals surface area contributed by atoms with Gasteiger partial charge >= 0.3 is 0 Å². The Labute approximate surface area is 140 Å². The zero-order chi connectivity index (χ0) is 16.5. The molecule has 1 atom stereocenters. The quantitative estimate of drug-likeness (QED) is 0.807. The van der Waals surface area contributed by atoms with E-state index in [1.807, 2.05) is 36.4 Å². The summed E-state index contributed by atoms with van der Waals surface area (Å²) in [5.41, 5.74) is 3.94. The van der Waals surface area contributed by atoms with Crippen LogP contribution in [0.3, 0.4) is 0 Å². The number of imidazole rings is 1. The number of amides is 1. The van der Waals surface area contributed by atoms with Crippen molar-refractivity contribution in [1.82, 2.24) is 14.9 Å². The summed E-state index contributed by atoms with van der Waals surface area (Å²) in [6.07, 6.45) is 0. The second-order valence-corrected chi connectivity index (χ2v) is 6.09. The van der Waals surface area contributed by atoms with E-state index in [0.717, 1.165) is 22.4 Å². The van der Waals surface area contributed by atoms with Crippen LogP contribution in [0, 0.1) is 6.92 Å². The molecule has 2 heterocycles. The molecule has 24 heavy (non-hydrogen) atoms. The Kier molecular flexibility index (Phi) is 3.78. The molecular formula is C19H19N3O2. The number of para-hydroxylation sites is 1. The van der Waals surface area contributed by atoms with Crippen molar-refractivity contribution < 1.29 is 9.53 Å². The monoisotopic (exact) mass is 321 g/mol. The minimum Gasteiger partial charge on any atom is -0.371 e. The Morgan fingerprint density at radius 2 is 2.08 bits per heavy atom. The number of aromatic nitrogens is 2. The summed E-state index contributed by atoms with van der Waals surface area (Å²) in [7, 11) is 0. The van der Waals surface area contributed by atoms with Crippen molar-refractivity contribution in [2.45, 2.75) is 19.6 Å². The van der Waals surface area contributed by atoms with E-state index in [4.69, 9.17) is 9.72 Å². The van der Waals surface area contributed by atoms with Gasteiger partial charge in [-0.15, -0.1) is 0 Å². The highest BCUT2D eigenvalue weighted by Crippen LogP contribution is 2.27. The highest BCUT2D eigenvalue weighted by atomic mass is 16.5. The number of rotatable bonds is 3. The normalized spacial score (nSPS) is 16.8. The lowest BCUT2D eigenvalue weighted by Gasteiger charge is -2.26. The Morgan fingerprint density at radius 3 is 2.92 bits per heavy atom. The highest BCUT2D eigenvalue weighted by molar-refractivity contribution is 5.94. The van der Waals surface area contributed by atoms with Crippen LogP contribution in [-0.2, 0) is 11.3 Å². The van der Waals surface area contributed by atoms with Crippen molar-refractivity contribution in [1.29, 1.82) is 0 Å². The van der Waals surface area contributed by atoms with Crippen molar-refractivity contribution >= 4 is 16.9 Å². The standard InChI is InChI=1S/C19H19N3O2/c1-13-6-5-9-16-18(13)21-17-12-24-11-15(22(16)17)10-20-19(23)14-7-3-2-4-8-14/h2-9,15H,10-12H2,1H3,(H,20,23)/t15-/m0/s1. The molecule has 1 N–H and O–H groups in total. The number of benzene rings is 2. The Balaban J connectivity index is 1.59. The lowest BCUT2D eigenvalue weighted by molar-refractivity contribution is 0.0553. The van der Waals surface area contributed by atoms with Crippen LogP contribution in [0.5, 0.6) is 0 Å². The molecular weight excluding hydrogens is 302 g/mol. The van der Waals surface area contributed by atoms with Gasteiger partial charge in [-0.1, -0.05) is 30.3 Å². The number of hydrogen-bond donors (Lipinski definition) is 1. The largest absolute Gasteiger partial charge is 0.371 e. The number of ether oxygens (including phenoxy) is 1. The fourth-order valence-corrected chi connectivity index (χ4v) is 3.23. The lowest BCUT2D eigenvalue weighted by Crippen LogP contribution is -2.35. The van der Waals surface area contributed by atoms with Crippen LogP contribution in [0.25, 0.3) is 11.0 Å². The zero-order valence-electron chi connectivity index (χ0n) is 13.5. The minimum atomic E-state index is -0.0664. The van der Waals surface area contributed by atoms with Crippen LogP contribution < -0.4 is 5.32 Å². The maximum atomic E-state index is 12.3. The molecule has 3 aromatic rings. The van der Waals surface area contributed by atoms with Gasteiger partial charge in [-0.2, -0.15) is 0 Å². The van der Waals surface area contributed by atoms with Crippen LogP contribution in [-0.4, -0.2) is 28.6 Å². The van der Waals surface area contributed by atoms with Crippen molar-refractivity contribution in [2.75, 3.05) is 13.2 Å². The van der Waals surface area contributed by atoms with E-state index in [9.17, 15) is 4.79 Å². The van der Waals surface area contributed by atoms with Crippen molar-refractivity contribution in [3.8, 4) is 0 Å². The first-order valence-electron chi connectivity index (χ1n) is 8.11. The van der Waals surface area contributed by atoms with Gasteiger partial charge in [0.25, 0.3) is 5.91 Å². The van der Waals surface area contributed by atoms with E-state index < -0.39 is 0 Å². The van der Waals surface area contributed by atoms with Gasteiger partial charge in [0, 0.05) is 12.1 Å². The maximum Gasteiger partial charge on any atom is 0.251 e. The molecule has 1 amide bonds. The van der Waals surface area contributed by atoms with Crippen molar-refractivity contribution in [3.63, 3.8) is 0 Å². The van der Waals surface area contributed by atoms with E-state index in [-0.39, 0.29) is 11.9 Å². The third-order valence-electron chi connectivity index (χ3n) is 4.44. The zero-order valence-corrected chi connectivity index (χ0v) is 13.5. The topological polar surface area (TPSA) is 56.2 Å². The van der Waals surface area contributed by atoms with Crippen LogP contribution >= 0.6 is 0 Å². The number of aryl methyl sites for hydroxylation is 1. The molecule has 0 spiro atoms. The molecule has 0 saturated heterocycles. The van der Waals surface area contributed by atoms with Crippen molar-refractivity contribution in [2.24, 2.45) is 0 Å². The second kappa shape index (κ2) is 6.09. The smallest absolute Gasteiger partial charge is 0.251 e. The molecule has 0 fully saturated rings.